The highest BCUT2D eigenvalue weighted by Gasteiger charge is 2.42. The SMILES string of the molecule is CC(C)c1cccc(N(C[C@H]2C(Cl)CC[C@@H]2CCCc2ccc(C(=O)OCCN3CCOCC3)s2)c2ccccc2)c1.O=C(OCCN1CCOCC1)c1ccc(COC[C@H]2C(Br)CC(=S)[C@@H]2CSc2ccc(Cl)cc2)s1.O=C(OCCN1CCOCC1)c1cccc(CCC[C@H]2CCC(Cl)[C@@H]2CSc2cccc(C(F)(F)F)c2)c1.O=C(OCCN1CCOCC1)c1cccc(COC[C@H]2CCC(Br)[C@@H]2CSc2cccc(Cl)c2)c1. The van der Waals surface area contributed by atoms with Crippen molar-refractivity contribution in [3.05, 3.63) is 263 Å². The Kier molecular flexibility index (Phi) is 50.9. The Morgan fingerprint density at radius 1 is 0.453 bits per heavy atom. The summed E-state index contributed by atoms with van der Waals surface area (Å²) in [5, 5.41) is 1.76. The van der Waals surface area contributed by atoms with Crippen LogP contribution in [0.2, 0.25) is 10.0 Å². The second-order valence-corrected chi connectivity index (χ2v) is 50.2. The fourth-order valence-corrected chi connectivity index (χ4v) is 29.8. The van der Waals surface area contributed by atoms with Gasteiger partial charge in [0.25, 0.3) is 0 Å². The number of morpholine rings is 4. The van der Waals surface area contributed by atoms with E-state index in [9.17, 15) is 32.3 Å². The molecule has 34 heteroatoms. The first-order valence-electron chi connectivity index (χ1n) is 52.8. The molecule has 9 aromatic rings. The Bertz CT molecular complexity index is 5600. The van der Waals surface area contributed by atoms with Gasteiger partial charge in [-0.3, -0.25) is 19.6 Å². The largest absolute Gasteiger partial charge is 0.461 e. The molecular weight excluding hydrogens is 2240 g/mol. The Hall–Kier alpha value is -5.73. The first kappa shape index (κ1) is 120. The molecule has 0 spiro atoms. The minimum absolute atomic E-state index is 0.0499. The maximum Gasteiger partial charge on any atom is 0.416 e. The van der Waals surface area contributed by atoms with E-state index in [2.05, 4.69) is 137 Å². The van der Waals surface area contributed by atoms with Gasteiger partial charge in [0, 0.05) is 180 Å². The van der Waals surface area contributed by atoms with Gasteiger partial charge in [0.1, 0.15) is 36.2 Å². The zero-order valence-corrected chi connectivity index (χ0v) is 96.8. The van der Waals surface area contributed by atoms with Crippen molar-refractivity contribution < 1.29 is 79.7 Å². The predicted molar refractivity (Wildman–Crippen MR) is 615 cm³/mol. The maximum absolute atomic E-state index is 13.0. The lowest BCUT2D eigenvalue weighted by molar-refractivity contribution is -0.137. The standard InChI is InChI=1S/C35H45ClN2O3S.C29H35ClF3NO3S.C27H33BrClNO4S.C25H29BrClNO4S3/c1-26(2)28-9-6-12-30(24-28)38(29-10-4-3-5-11-29)25-32-27(14-16-33(32)36)8-7-13-31-15-17-34(42-31)35(39)41-23-20-37-18-21-40-22-19-37;30-27-11-10-22(26(27)20-38-25-9-3-8-24(19-25)29(31,32)33)6-1-4-21-5-2-7-23(18-21)28(35)37-17-14-34-12-15-36-16-13-34;28-26-8-7-22(25(26)19-35-24-6-2-5-23(29)16-24)18-33-17-20-3-1-4-21(15-20)27(31)34-14-11-30-9-12-32-13-10-30;26-22-13-23(33)21(16-34-18-3-1-17(27)2-4-18)20(22)15-31-14-19-5-6-24(35-19)25(29)32-12-9-28-7-10-30-11-8-28/h3-6,9-12,15,17,24,26-27,32-33H,7-8,13-14,16,18-23,25H2,1-2H3;2-3,5,7-9,18-19,22,26-27H,1,4,6,10-17,20H2;1-6,15-16,22,25-26H,7-14,17-19H2;1-6,20-22H,7-16H2/t27-,32+,33?;22-,26+,27?;22-,25-,26?;20-,21-,22?/m0011/s1. The van der Waals surface area contributed by atoms with E-state index in [1.54, 1.807) is 41.3 Å². The van der Waals surface area contributed by atoms with Crippen molar-refractivity contribution in [1.82, 2.24) is 19.6 Å². The average Bonchev–Trinajstić information content (AvgIpc) is 1.54. The molecule has 2 aromatic heterocycles. The number of ether oxygens (including phenoxy) is 10. The van der Waals surface area contributed by atoms with Gasteiger partial charge in [0.15, 0.2) is 0 Å². The maximum atomic E-state index is 13.0. The van der Waals surface area contributed by atoms with Crippen LogP contribution in [-0.2, 0) is 79.6 Å². The number of esters is 4. The topological polar surface area (TPSA) is 177 Å². The molecule has 0 N–H and O–H groups in total. The molecule has 4 aliphatic heterocycles. The third-order valence-corrected chi connectivity index (χ3v) is 38.8. The summed E-state index contributed by atoms with van der Waals surface area (Å²) < 4.78 is 94.8. The van der Waals surface area contributed by atoms with Gasteiger partial charge >= 0.3 is 30.1 Å². The molecule has 17 rings (SSSR count). The molecule has 0 amide bonds. The number of aryl methyl sites for hydroxylation is 2. The van der Waals surface area contributed by atoms with Crippen LogP contribution in [0.4, 0.5) is 24.5 Å². The van der Waals surface area contributed by atoms with Crippen molar-refractivity contribution in [3.8, 4) is 0 Å². The van der Waals surface area contributed by atoms with Crippen LogP contribution < -0.4 is 4.90 Å². The summed E-state index contributed by atoms with van der Waals surface area (Å²) in [5.41, 5.74) is 6.44. The number of hydrogen-bond acceptors (Lipinski definition) is 25. The van der Waals surface area contributed by atoms with E-state index < -0.39 is 11.7 Å². The van der Waals surface area contributed by atoms with E-state index in [4.69, 9.17) is 106 Å². The van der Waals surface area contributed by atoms with E-state index in [1.807, 2.05) is 109 Å². The lowest BCUT2D eigenvalue weighted by Gasteiger charge is -2.32. The van der Waals surface area contributed by atoms with Crippen LogP contribution in [0.15, 0.2) is 215 Å². The predicted octanol–water partition coefficient (Wildman–Crippen LogP) is 27.0. The van der Waals surface area contributed by atoms with Crippen molar-refractivity contribution >= 4 is 189 Å². The van der Waals surface area contributed by atoms with Crippen LogP contribution in [0.3, 0.4) is 0 Å². The highest BCUT2D eigenvalue weighted by molar-refractivity contribution is 9.09. The van der Waals surface area contributed by atoms with Crippen molar-refractivity contribution in [2.75, 3.05) is 200 Å². The molecule has 4 aliphatic carbocycles. The summed E-state index contributed by atoms with van der Waals surface area (Å²) in [4.78, 5) is 70.0. The van der Waals surface area contributed by atoms with Gasteiger partial charge in [-0.1, -0.05) is 148 Å². The van der Waals surface area contributed by atoms with Crippen LogP contribution in [0, 0.1) is 47.3 Å². The van der Waals surface area contributed by atoms with E-state index >= 15 is 0 Å². The molecule has 12 atom stereocenters. The zero-order valence-electron chi connectivity index (χ0n) is 85.7. The summed E-state index contributed by atoms with van der Waals surface area (Å²) in [7, 11) is 0. The van der Waals surface area contributed by atoms with Gasteiger partial charge in [0.05, 0.1) is 96.0 Å². The molecule has 19 nitrogen and oxygen atoms in total. The van der Waals surface area contributed by atoms with Crippen LogP contribution in [-0.4, -0.2) is 264 Å². The molecule has 0 radical (unpaired) electrons. The van der Waals surface area contributed by atoms with Gasteiger partial charge in [-0.2, -0.15) is 13.2 Å². The molecule has 4 unspecified atom stereocenters. The quantitative estimate of drug-likeness (QED) is 0.0116. The smallest absolute Gasteiger partial charge is 0.416 e. The lowest BCUT2D eigenvalue weighted by Crippen LogP contribution is -2.38. The Balaban J connectivity index is 0.000000158. The van der Waals surface area contributed by atoms with Gasteiger partial charge in [0.2, 0.25) is 0 Å². The summed E-state index contributed by atoms with van der Waals surface area (Å²) >= 11 is 47.3. The van der Waals surface area contributed by atoms with E-state index in [1.165, 1.54) is 79.7 Å². The molecule has 4 saturated heterocycles. The monoisotopic (exact) mass is 2380 g/mol. The Morgan fingerprint density at radius 3 is 1.52 bits per heavy atom. The Morgan fingerprint density at radius 2 is 0.940 bits per heavy atom. The number of nitrogens with zero attached hydrogens (tertiary/aromatic N) is 5. The van der Waals surface area contributed by atoms with Gasteiger partial charge < -0.3 is 52.3 Å². The number of thiophene rings is 2. The number of alkyl halides is 7. The van der Waals surface area contributed by atoms with Crippen molar-refractivity contribution in [1.29, 1.82) is 0 Å². The molecule has 6 heterocycles. The van der Waals surface area contributed by atoms with Gasteiger partial charge in [-0.25, -0.2) is 19.2 Å². The van der Waals surface area contributed by atoms with Crippen LogP contribution in [0.1, 0.15) is 162 Å². The average molecular weight is 2380 g/mol. The molecule has 814 valence electrons. The first-order chi connectivity index (χ1) is 72.8. The fourth-order valence-electron chi connectivity index (χ4n) is 20.3. The molecule has 8 fully saturated rings. The van der Waals surface area contributed by atoms with Crippen molar-refractivity contribution in [2.24, 2.45) is 47.3 Å². The molecule has 0 bridgehead atoms. The van der Waals surface area contributed by atoms with E-state index in [-0.39, 0.29) is 40.5 Å². The second-order valence-electron chi connectivity index (χ2n) is 39.7. The number of rotatable bonds is 46. The minimum atomic E-state index is -4.33. The number of anilines is 2. The molecule has 8 aliphatic rings. The number of carbonyl (C=O) groups excluding carboxylic acids is 4. The molecule has 150 heavy (non-hydrogen) atoms. The highest BCUT2D eigenvalue weighted by atomic mass is 79.9. The zero-order chi connectivity index (χ0) is 105. The first-order valence-corrected chi connectivity index (χ1v) is 61.3. The molecule has 4 saturated carbocycles. The van der Waals surface area contributed by atoms with Crippen LogP contribution in [0.25, 0.3) is 0 Å². The summed E-state index contributed by atoms with van der Waals surface area (Å²) in [5.74, 6) is 5.55. The lowest BCUT2D eigenvalue weighted by atomic mass is 9.89. The van der Waals surface area contributed by atoms with Crippen molar-refractivity contribution in [2.45, 2.75) is 158 Å². The number of thioether (sulfide) groups is 3. The fraction of sp³-hybridized carbons (Fsp3) is 0.526. The Labute approximate surface area is 947 Å². The number of halogens is 9. The molecule has 7 aromatic carbocycles. The number of benzene rings is 7. The van der Waals surface area contributed by atoms with E-state index in [0.29, 0.717) is 141 Å². The molecular formula is C116H142Br2Cl4F3N5O14S6. The van der Waals surface area contributed by atoms with Crippen LogP contribution in [0.5, 0.6) is 0 Å². The minimum Gasteiger partial charge on any atom is -0.461 e. The number of para-hydroxylation sites is 1. The number of hydrogen-bond donors (Lipinski definition) is 0. The summed E-state index contributed by atoms with van der Waals surface area (Å²) in [6, 6.07) is 64.2. The van der Waals surface area contributed by atoms with E-state index in [0.717, 1.165) is 257 Å². The third-order valence-electron chi connectivity index (χ3n) is 29.1. The summed E-state index contributed by atoms with van der Waals surface area (Å²) in [6.45, 7) is 25.3. The van der Waals surface area contributed by atoms with Crippen molar-refractivity contribution in [3.63, 3.8) is 0 Å². The normalized spacial score (nSPS) is 22.3. The highest BCUT2D eigenvalue weighted by Crippen LogP contribution is 2.47. The van der Waals surface area contributed by atoms with Gasteiger partial charge in [-0.05, 0) is 280 Å². The van der Waals surface area contributed by atoms with Gasteiger partial charge in [-0.15, -0.1) is 81.2 Å². The number of thiocarbonyl (C=S) groups is 1. The third kappa shape index (κ3) is 39.5. The second kappa shape index (κ2) is 63.8. The van der Waals surface area contributed by atoms with Crippen LogP contribution >= 0.6 is 148 Å². The number of carbonyl (C=O) groups is 4. The summed E-state index contributed by atoms with van der Waals surface area (Å²) in [6.07, 6.45) is 9.18.